The standard InChI is InChI=1S/C20H24N4O4/c1-14-13-17(18(25)24-9-7-20(8-10-24)27-11-12-28-20)23-19(21-14)22-15-3-5-16(26-2)6-4-15/h3-6,13H,7-12H2,1-2H3,(H,21,22,23). The number of rotatable bonds is 4. The van der Waals surface area contributed by atoms with Gasteiger partial charge in [0.25, 0.3) is 5.91 Å². The SMILES string of the molecule is COc1ccc(Nc2nc(C)cc(C(=O)N3CCC4(CC3)OCCO4)n2)cc1. The minimum absolute atomic E-state index is 0.101. The fourth-order valence-electron chi connectivity index (χ4n) is 3.54. The number of anilines is 2. The van der Waals surface area contributed by atoms with Crippen LogP contribution in [0.5, 0.6) is 5.75 Å². The monoisotopic (exact) mass is 384 g/mol. The van der Waals surface area contributed by atoms with E-state index in [1.165, 1.54) is 0 Å². The quantitative estimate of drug-likeness (QED) is 0.867. The van der Waals surface area contributed by atoms with Crippen molar-refractivity contribution >= 4 is 17.5 Å². The van der Waals surface area contributed by atoms with Gasteiger partial charge in [-0.05, 0) is 37.3 Å². The molecular weight excluding hydrogens is 360 g/mol. The Kier molecular flexibility index (Phi) is 5.15. The van der Waals surface area contributed by atoms with E-state index in [1.807, 2.05) is 31.2 Å². The highest BCUT2D eigenvalue weighted by Crippen LogP contribution is 2.31. The molecular formula is C20H24N4O4. The van der Waals surface area contributed by atoms with Gasteiger partial charge in [0.15, 0.2) is 5.79 Å². The number of aromatic nitrogens is 2. The Labute approximate surface area is 163 Å². The molecule has 0 saturated carbocycles. The molecule has 2 saturated heterocycles. The maximum Gasteiger partial charge on any atom is 0.272 e. The van der Waals surface area contributed by atoms with E-state index in [-0.39, 0.29) is 5.91 Å². The molecule has 0 atom stereocenters. The number of benzene rings is 1. The smallest absolute Gasteiger partial charge is 0.272 e. The molecule has 2 aliphatic rings. The maximum atomic E-state index is 13.0. The van der Waals surface area contributed by atoms with Crippen LogP contribution in [0.3, 0.4) is 0 Å². The summed E-state index contributed by atoms with van der Waals surface area (Å²) in [7, 11) is 1.62. The number of hydrogen-bond donors (Lipinski definition) is 1. The third-order valence-corrected chi connectivity index (χ3v) is 5.05. The van der Waals surface area contributed by atoms with Gasteiger partial charge in [0.2, 0.25) is 5.95 Å². The second kappa shape index (κ2) is 7.73. The van der Waals surface area contributed by atoms with Gasteiger partial charge in [-0.2, -0.15) is 0 Å². The van der Waals surface area contributed by atoms with E-state index in [4.69, 9.17) is 14.2 Å². The summed E-state index contributed by atoms with van der Waals surface area (Å²) in [6, 6.07) is 9.16. The van der Waals surface area contributed by atoms with Gasteiger partial charge in [0.05, 0.1) is 20.3 Å². The number of carbonyl (C=O) groups excluding carboxylic acids is 1. The molecule has 148 valence electrons. The number of nitrogens with zero attached hydrogens (tertiary/aromatic N) is 3. The molecule has 2 aliphatic heterocycles. The fraction of sp³-hybridized carbons (Fsp3) is 0.450. The molecule has 8 nitrogen and oxygen atoms in total. The Morgan fingerprint density at radius 3 is 2.46 bits per heavy atom. The summed E-state index contributed by atoms with van der Waals surface area (Å²) in [4.78, 5) is 23.6. The molecule has 28 heavy (non-hydrogen) atoms. The topological polar surface area (TPSA) is 85.8 Å². The lowest BCUT2D eigenvalue weighted by Gasteiger charge is -2.37. The summed E-state index contributed by atoms with van der Waals surface area (Å²) in [6.45, 7) is 4.27. The van der Waals surface area contributed by atoms with Gasteiger partial charge in [-0.3, -0.25) is 4.79 Å². The summed E-state index contributed by atoms with van der Waals surface area (Å²) in [5, 5.41) is 3.15. The van der Waals surface area contributed by atoms with Crippen LogP contribution in [0.2, 0.25) is 0 Å². The number of aryl methyl sites for hydroxylation is 1. The van der Waals surface area contributed by atoms with Gasteiger partial charge in [0.1, 0.15) is 11.4 Å². The summed E-state index contributed by atoms with van der Waals surface area (Å²) < 4.78 is 16.6. The molecule has 4 rings (SSSR count). The molecule has 0 radical (unpaired) electrons. The molecule has 1 aromatic heterocycles. The van der Waals surface area contributed by atoms with Crippen molar-refractivity contribution in [3.63, 3.8) is 0 Å². The molecule has 1 spiro atoms. The van der Waals surface area contributed by atoms with Gasteiger partial charge >= 0.3 is 0 Å². The Bertz CT molecular complexity index is 840. The lowest BCUT2D eigenvalue weighted by molar-refractivity contribution is -0.181. The highest BCUT2D eigenvalue weighted by Gasteiger charge is 2.41. The molecule has 0 unspecified atom stereocenters. The van der Waals surface area contributed by atoms with E-state index < -0.39 is 5.79 Å². The van der Waals surface area contributed by atoms with Crippen LogP contribution in [0.4, 0.5) is 11.6 Å². The van der Waals surface area contributed by atoms with E-state index in [0.29, 0.717) is 50.8 Å². The number of hydrogen-bond acceptors (Lipinski definition) is 7. The third kappa shape index (κ3) is 3.93. The molecule has 2 fully saturated rings. The maximum absolute atomic E-state index is 13.0. The lowest BCUT2D eigenvalue weighted by atomic mass is 10.0. The van der Waals surface area contributed by atoms with Crippen molar-refractivity contribution < 1.29 is 19.0 Å². The Hall–Kier alpha value is -2.71. The first-order chi connectivity index (χ1) is 13.6. The second-order valence-electron chi connectivity index (χ2n) is 6.97. The fourth-order valence-corrected chi connectivity index (χ4v) is 3.54. The van der Waals surface area contributed by atoms with Crippen LogP contribution in [0, 0.1) is 6.92 Å². The van der Waals surface area contributed by atoms with Crippen molar-refractivity contribution in [2.24, 2.45) is 0 Å². The molecule has 3 heterocycles. The van der Waals surface area contributed by atoms with Crippen LogP contribution in [0.1, 0.15) is 29.0 Å². The third-order valence-electron chi connectivity index (χ3n) is 5.05. The van der Waals surface area contributed by atoms with Crippen LogP contribution in [0.15, 0.2) is 30.3 Å². The van der Waals surface area contributed by atoms with Gasteiger partial charge in [-0.15, -0.1) is 0 Å². The highest BCUT2D eigenvalue weighted by molar-refractivity contribution is 5.92. The number of amides is 1. The van der Waals surface area contributed by atoms with Gasteiger partial charge in [0, 0.05) is 37.3 Å². The Morgan fingerprint density at radius 2 is 1.82 bits per heavy atom. The van der Waals surface area contributed by atoms with E-state index in [9.17, 15) is 4.79 Å². The van der Waals surface area contributed by atoms with Gasteiger partial charge in [-0.1, -0.05) is 0 Å². The minimum atomic E-state index is -0.501. The predicted octanol–water partition coefficient (Wildman–Crippen LogP) is 2.52. The van der Waals surface area contributed by atoms with E-state index in [0.717, 1.165) is 17.1 Å². The zero-order valence-corrected chi connectivity index (χ0v) is 16.1. The van der Waals surface area contributed by atoms with Crippen LogP contribution in [0.25, 0.3) is 0 Å². The number of methoxy groups -OCH3 is 1. The average molecular weight is 384 g/mol. The largest absolute Gasteiger partial charge is 0.497 e. The summed E-state index contributed by atoms with van der Waals surface area (Å²) in [5.41, 5.74) is 1.93. The predicted molar refractivity (Wildman–Crippen MR) is 103 cm³/mol. The lowest BCUT2D eigenvalue weighted by Crippen LogP contribution is -2.47. The van der Waals surface area contributed by atoms with E-state index >= 15 is 0 Å². The van der Waals surface area contributed by atoms with Crippen LogP contribution in [-0.4, -0.2) is 60.0 Å². The van der Waals surface area contributed by atoms with Crippen molar-refractivity contribution in [3.05, 3.63) is 41.7 Å². The average Bonchev–Trinajstić information content (AvgIpc) is 3.16. The number of carbonyl (C=O) groups is 1. The molecule has 1 amide bonds. The van der Waals surface area contributed by atoms with E-state index in [1.54, 1.807) is 18.1 Å². The van der Waals surface area contributed by atoms with Crippen molar-refractivity contribution in [1.82, 2.24) is 14.9 Å². The highest BCUT2D eigenvalue weighted by atomic mass is 16.7. The van der Waals surface area contributed by atoms with Crippen molar-refractivity contribution in [2.45, 2.75) is 25.6 Å². The van der Waals surface area contributed by atoms with Crippen molar-refractivity contribution in [1.29, 1.82) is 0 Å². The van der Waals surface area contributed by atoms with Crippen LogP contribution in [-0.2, 0) is 9.47 Å². The second-order valence-corrected chi connectivity index (χ2v) is 6.97. The van der Waals surface area contributed by atoms with Crippen LogP contribution < -0.4 is 10.1 Å². The zero-order chi connectivity index (χ0) is 19.6. The molecule has 1 N–H and O–H groups in total. The van der Waals surface area contributed by atoms with E-state index in [2.05, 4.69) is 15.3 Å². The number of likely N-dealkylation sites (tertiary alicyclic amines) is 1. The minimum Gasteiger partial charge on any atom is -0.497 e. The van der Waals surface area contributed by atoms with Crippen molar-refractivity contribution in [2.75, 3.05) is 38.7 Å². The summed E-state index contributed by atoms with van der Waals surface area (Å²) in [5.74, 6) is 0.560. The number of piperidine rings is 1. The molecule has 0 bridgehead atoms. The molecule has 2 aromatic rings. The molecule has 1 aromatic carbocycles. The molecule has 0 aliphatic carbocycles. The first-order valence-corrected chi connectivity index (χ1v) is 9.41. The first kappa shape index (κ1) is 18.6. The van der Waals surface area contributed by atoms with Crippen molar-refractivity contribution in [3.8, 4) is 5.75 Å². The normalized spacial score (nSPS) is 18.3. The van der Waals surface area contributed by atoms with Crippen LogP contribution >= 0.6 is 0 Å². The van der Waals surface area contributed by atoms with Gasteiger partial charge < -0.3 is 24.4 Å². The number of ether oxygens (including phenoxy) is 3. The summed E-state index contributed by atoms with van der Waals surface area (Å²) in [6.07, 6.45) is 1.36. The zero-order valence-electron chi connectivity index (χ0n) is 16.1. The van der Waals surface area contributed by atoms with Gasteiger partial charge in [-0.25, -0.2) is 9.97 Å². The molecule has 8 heteroatoms. The Balaban J connectivity index is 1.46. The first-order valence-electron chi connectivity index (χ1n) is 9.41. The number of nitrogens with one attached hydrogen (secondary N) is 1. The summed E-state index contributed by atoms with van der Waals surface area (Å²) >= 11 is 0. The Morgan fingerprint density at radius 1 is 1.14 bits per heavy atom.